The van der Waals surface area contributed by atoms with Gasteiger partial charge in [-0.25, -0.2) is 4.68 Å². The van der Waals surface area contributed by atoms with Crippen LogP contribution in [0.25, 0.3) is 11.3 Å². The van der Waals surface area contributed by atoms with Crippen molar-refractivity contribution in [2.75, 3.05) is 13.1 Å². The summed E-state index contributed by atoms with van der Waals surface area (Å²) in [6, 6.07) is 7.23. The quantitative estimate of drug-likeness (QED) is 0.649. The first-order valence-electron chi connectivity index (χ1n) is 10.9. The molecule has 0 amide bonds. The lowest BCUT2D eigenvalue weighted by atomic mass is 9.94. The van der Waals surface area contributed by atoms with Gasteiger partial charge in [-0.15, -0.1) is 0 Å². The van der Waals surface area contributed by atoms with Crippen LogP contribution in [0.15, 0.2) is 46.0 Å². The molecule has 1 saturated heterocycles. The highest BCUT2D eigenvalue weighted by Crippen LogP contribution is 2.27. The summed E-state index contributed by atoms with van der Waals surface area (Å²) in [4.78, 5) is 18.9. The van der Waals surface area contributed by atoms with Gasteiger partial charge in [-0.3, -0.25) is 14.7 Å². The maximum Gasteiger partial charge on any atom is 0.266 e. The van der Waals surface area contributed by atoms with Gasteiger partial charge in [0, 0.05) is 49.1 Å². The van der Waals surface area contributed by atoms with Crippen LogP contribution in [-0.2, 0) is 25.9 Å². The molecule has 0 radical (unpaired) electrons. The lowest BCUT2D eigenvalue weighted by molar-refractivity contribution is 0.160. The van der Waals surface area contributed by atoms with E-state index in [1.165, 1.54) is 18.4 Å². The third-order valence-corrected chi connectivity index (χ3v) is 6.39. The molecule has 1 aliphatic carbocycles. The number of likely N-dealkylation sites (tertiary alicyclic amines) is 1. The zero-order valence-electron chi connectivity index (χ0n) is 17.2. The fraction of sp³-hybridized carbons (Fsp3) is 0.478. The Labute approximate surface area is 175 Å². The Hall–Kier alpha value is -2.80. The summed E-state index contributed by atoms with van der Waals surface area (Å²) in [5.41, 5.74) is 4.23. The van der Waals surface area contributed by atoms with E-state index in [1.807, 2.05) is 12.1 Å². The van der Waals surface area contributed by atoms with Gasteiger partial charge in [-0.2, -0.15) is 5.10 Å². The van der Waals surface area contributed by atoms with Gasteiger partial charge in [0.05, 0.1) is 5.69 Å². The lowest BCUT2D eigenvalue weighted by Gasteiger charge is -2.31. The molecule has 3 aromatic heterocycles. The van der Waals surface area contributed by atoms with Crippen molar-refractivity contribution in [3.63, 3.8) is 0 Å². The van der Waals surface area contributed by atoms with E-state index in [1.54, 1.807) is 29.2 Å². The van der Waals surface area contributed by atoms with Crippen molar-refractivity contribution in [3.8, 4) is 11.3 Å². The van der Waals surface area contributed by atoms with E-state index < -0.39 is 0 Å². The predicted molar refractivity (Wildman–Crippen MR) is 113 cm³/mol. The number of fused-ring (bicyclic) bond motifs is 1. The summed E-state index contributed by atoms with van der Waals surface area (Å²) in [7, 11) is 0. The van der Waals surface area contributed by atoms with Crippen LogP contribution in [0.1, 0.15) is 42.7 Å². The standard InChI is InChI=1S/C23H27N5O2/c29-23-6-5-20(18-7-11-24-12-8-18)25-28(23)15-17-9-13-27(14-10-17)16-21-19-3-1-2-4-22(19)30-26-21/h5-8,11-12,17H,1-4,9-10,13-16H2. The molecule has 1 fully saturated rings. The van der Waals surface area contributed by atoms with E-state index in [0.29, 0.717) is 12.5 Å². The molecule has 5 rings (SSSR count). The fourth-order valence-corrected chi connectivity index (χ4v) is 4.61. The Balaban J connectivity index is 1.20. The van der Waals surface area contributed by atoms with E-state index in [2.05, 4.69) is 20.1 Å². The smallest absolute Gasteiger partial charge is 0.266 e. The van der Waals surface area contributed by atoms with Crippen molar-refractivity contribution in [1.82, 2.24) is 24.8 Å². The number of pyridine rings is 1. The van der Waals surface area contributed by atoms with E-state index in [9.17, 15) is 4.79 Å². The van der Waals surface area contributed by atoms with Crippen LogP contribution in [0.4, 0.5) is 0 Å². The molecule has 2 aliphatic rings. The highest BCUT2D eigenvalue weighted by molar-refractivity contribution is 5.56. The summed E-state index contributed by atoms with van der Waals surface area (Å²) < 4.78 is 7.19. The normalized spacial score (nSPS) is 17.7. The number of piperidine rings is 1. The van der Waals surface area contributed by atoms with Crippen LogP contribution in [0, 0.1) is 5.92 Å². The van der Waals surface area contributed by atoms with Gasteiger partial charge < -0.3 is 4.52 Å². The second-order valence-corrected chi connectivity index (χ2v) is 8.43. The number of nitrogens with zero attached hydrogens (tertiary/aromatic N) is 5. The summed E-state index contributed by atoms with van der Waals surface area (Å²) in [6.07, 6.45) is 10.2. The average molecular weight is 406 g/mol. The fourth-order valence-electron chi connectivity index (χ4n) is 4.61. The third-order valence-electron chi connectivity index (χ3n) is 6.39. The highest BCUT2D eigenvalue weighted by atomic mass is 16.5. The predicted octanol–water partition coefficient (Wildman–Crippen LogP) is 3.08. The molecular formula is C23H27N5O2. The molecule has 0 aromatic carbocycles. The summed E-state index contributed by atoms with van der Waals surface area (Å²) in [5, 5.41) is 8.96. The Bertz CT molecular complexity index is 1050. The molecule has 4 heterocycles. The van der Waals surface area contributed by atoms with E-state index in [4.69, 9.17) is 4.52 Å². The summed E-state index contributed by atoms with van der Waals surface area (Å²) in [5.74, 6) is 1.57. The van der Waals surface area contributed by atoms with E-state index in [-0.39, 0.29) is 5.56 Å². The Morgan fingerprint density at radius 1 is 1.03 bits per heavy atom. The molecular weight excluding hydrogens is 378 g/mol. The SMILES string of the molecule is O=c1ccc(-c2ccncc2)nn1CC1CCN(Cc2noc3c2CCCC3)CC1. The second-order valence-electron chi connectivity index (χ2n) is 8.43. The van der Waals surface area contributed by atoms with Crippen molar-refractivity contribution in [2.45, 2.75) is 51.6 Å². The van der Waals surface area contributed by atoms with Crippen LogP contribution in [-0.4, -0.2) is 37.9 Å². The maximum atomic E-state index is 12.3. The van der Waals surface area contributed by atoms with Crippen LogP contribution in [0.3, 0.4) is 0 Å². The van der Waals surface area contributed by atoms with Crippen molar-refractivity contribution >= 4 is 0 Å². The van der Waals surface area contributed by atoms with Gasteiger partial charge in [0.15, 0.2) is 0 Å². The molecule has 7 nitrogen and oxygen atoms in total. The first kappa shape index (κ1) is 19.2. The molecule has 0 spiro atoms. The monoisotopic (exact) mass is 405 g/mol. The van der Waals surface area contributed by atoms with Crippen molar-refractivity contribution in [1.29, 1.82) is 0 Å². The summed E-state index contributed by atoms with van der Waals surface area (Å²) in [6.45, 7) is 3.59. The van der Waals surface area contributed by atoms with Crippen molar-refractivity contribution < 1.29 is 4.52 Å². The number of aryl methyl sites for hydroxylation is 1. The molecule has 1 aliphatic heterocycles. The van der Waals surface area contributed by atoms with Gasteiger partial charge in [-0.1, -0.05) is 5.16 Å². The second kappa shape index (κ2) is 8.52. The maximum absolute atomic E-state index is 12.3. The van der Waals surface area contributed by atoms with Crippen molar-refractivity contribution in [2.24, 2.45) is 5.92 Å². The van der Waals surface area contributed by atoms with Crippen LogP contribution in [0.5, 0.6) is 0 Å². The van der Waals surface area contributed by atoms with Crippen LogP contribution >= 0.6 is 0 Å². The van der Waals surface area contributed by atoms with Gasteiger partial charge in [0.1, 0.15) is 11.5 Å². The van der Waals surface area contributed by atoms with Gasteiger partial charge in [-0.05, 0) is 69.3 Å². The molecule has 0 saturated carbocycles. The van der Waals surface area contributed by atoms with Gasteiger partial charge in [0.25, 0.3) is 5.56 Å². The van der Waals surface area contributed by atoms with E-state index >= 15 is 0 Å². The van der Waals surface area contributed by atoms with Gasteiger partial charge in [0.2, 0.25) is 0 Å². The Morgan fingerprint density at radius 3 is 2.67 bits per heavy atom. The van der Waals surface area contributed by atoms with E-state index in [0.717, 1.165) is 68.0 Å². The largest absolute Gasteiger partial charge is 0.361 e. The Morgan fingerprint density at radius 2 is 1.83 bits per heavy atom. The summed E-state index contributed by atoms with van der Waals surface area (Å²) >= 11 is 0. The minimum absolute atomic E-state index is 0.0375. The molecule has 0 bridgehead atoms. The molecule has 0 unspecified atom stereocenters. The first-order valence-corrected chi connectivity index (χ1v) is 10.9. The number of hydrogen-bond acceptors (Lipinski definition) is 6. The molecule has 0 atom stereocenters. The molecule has 3 aromatic rings. The first-order chi connectivity index (χ1) is 14.8. The zero-order chi connectivity index (χ0) is 20.3. The number of rotatable bonds is 5. The van der Waals surface area contributed by atoms with Gasteiger partial charge >= 0.3 is 0 Å². The number of aromatic nitrogens is 4. The zero-order valence-corrected chi connectivity index (χ0v) is 17.2. The van der Waals surface area contributed by atoms with Crippen LogP contribution in [0.2, 0.25) is 0 Å². The van der Waals surface area contributed by atoms with Crippen molar-refractivity contribution in [3.05, 3.63) is 64.0 Å². The minimum Gasteiger partial charge on any atom is -0.361 e. The lowest BCUT2D eigenvalue weighted by Crippen LogP contribution is -2.36. The highest BCUT2D eigenvalue weighted by Gasteiger charge is 2.24. The van der Waals surface area contributed by atoms with Crippen LogP contribution < -0.4 is 5.56 Å². The minimum atomic E-state index is -0.0375. The average Bonchev–Trinajstić information content (AvgIpc) is 3.20. The molecule has 156 valence electrons. The number of hydrogen-bond donors (Lipinski definition) is 0. The molecule has 30 heavy (non-hydrogen) atoms. The molecule has 7 heteroatoms. The topological polar surface area (TPSA) is 77.1 Å². The Kier molecular flexibility index (Phi) is 5.45. The molecule has 0 N–H and O–H groups in total. The third kappa shape index (κ3) is 4.07.